The minimum absolute atomic E-state index is 0.145. The Bertz CT molecular complexity index is 506. The lowest BCUT2D eigenvalue weighted by Crippen LogP contribution is -2.39. The molecule has 1 aliphatic heterocycles. The second kappa shape index (κ2) is 6.45. The lowest BCUT2D eigenvalue weighted by Gasteiger charge is -2.31. The largest absolute Gasteiger partial charge is 0.409 e. The lowest BCUT2D eigenvalue weighted by molar-refractivity contribution is 0.318. The van der Waals surface area contributed by atoms with E-state index in [1.165, 1.54) is 0 Å². The Labute approximate surface area is 128 Å². The van der Waals surface area contributed by atoms with E-state index in [0.29, 0.717) is 6.04 Å². The molecule has 6 heteroatoms. The van der Waals surface area contributed by atoms with Crippen molar-refractivity contribution in [2.24, 2.45) is 10.9 Å². The molecule has 2 rings (SSSR count). The molecule has 20 heavy (non-hydrogen) atoms. The SMILES string of the molecule is CC1CN(C)CCCN1c1ccc(Br)cc1/C(N)=N/O. The third-order valence-corrected chi connectivity index (χ3v) is 4.19. The molecule has 1 aromatic carbocycles. The van der Waals surface area contributed by atoms with Crippen LogP contribution in [0.4, 0.5) is 5.69 Å². The van der Waals surface area contributed by atoms with Crippen LogP contribution in [0.25, 0.3) is 0 Å². The topological polar surface area (TPSA) is 65.1 Å². The highest BCUT2D eigenvalue weighted by Crippen LogP contribution is 2.27. The van der Waals surface area contributed by atoms with Crippen LogP contribution in [0.2, 0.25) is 0 Å². The van der Waals surface area contributed by atoms with E-state index >= 15 is 0 Å². The van der Waals surface area contributed by atoms with Crippen LogP contribution in [0.5, 0.6) is 0 Å². The van der Waals surface area contributed by atoms with E-state index in [4.69, 9.17) is 10.9 Å². The van der Waals surface area contributed by atoms with Crippen LogP contribution in [0.15, 0.2) is 27.8 Å². The lowest BCUT2D eigenvalue weighted by atomic mass is 10.1. The Morgan fingerprint density at radius 2 is 2.20 bits per heavy atom. The molecular formula is C14H21BrN4O. The van der Waals surface area contributed by atoms with Crippen molar-refractivity contribution in [3.63, 3.8) is 0 Å². The van der Waals surface area contributed by atoms with Gasteiger partial charge in [-0.05, 0) is 45.1 Å². The van der Waals surface area contributed by atoms with Gasteiger partial charge in [-0.2, -0.15) is 0 Å². The monoisotopic (exact) mass is 340 g/mol. The first-order valence-corrected chi connectivity index (χ1v) is 7.55. The molecule has 1 aliphatic rings. The summed E-state index contributed by atoms with van der Waals surface area (Å²) in [5.41, 5.74) is 7.61. The zero-order chi connectivity index (χ0) is 14.7. The van der Waals surface area contributed by atoms with Gasteiger partial charge in [0, 0.05) is 34.9 Å². The zero-order valence-electron chi connectivity index (χ0n) is 11.9. The van der Waals surface area contributed by atoms with E-state index in [-0.39, 0.29) is 5.84 Å². The van der Waals surface area contributed by atoms with Gasteiger partial charge in [-0.1, -0.05) is 21.1 Å². The average molecular weight is 341 g/mol. The molecule has 1 fully saturated rings. The molecule has 1 aromatic rings. The summed E-state index contributed by atoms with van der Waals surface area (Å²) in [6.45, 7) is 5.28. The van der Waals surface area contributed by atoms with Crippen molar-refractivity contribution in [1.82, 2.24) is 4.90 Å². The molecule has 0 spiro atoms. The molecule has 5 nitrogen and oxygen atoms in total. The Balaban J connectivity index is 2.40. The fourth-order valence-corrected chi connectivity index (χ4v) is 3.11. The number of benzene rings is 1. The Morgan fingerprint density at radius 1 is 1.45 bits per heavy atom. The molecule has 110 valence electrons. The minimum atomic E-state index is 0.145. The molecule has 3 N–H and O–H groups in total. The third-order valence-electron chi connectivity index (χ3n) is 3.70. The average Bonchev–Trinajstić information content (AvgIpc) is 2.58. The molecule has 0 bridgehead atoms. The molecule has 0 radical (unpaired) electrons. The first-order chi connectivity index (χ1) is 9.52. The van der Waals surface area contributed by atoms with Gasteiger partial charge in [-0.3, -0.25) is 0 Å². The highest BCUT2D eigenvalue weighted by molar-refractivity contribution is 9.10. The van der Waals surface area contributed by atoms with Crippen LogP contribution in [-0.2, 0) is 0 Å². The Morgan fingerprint density at radius 3 is 2.90 bits per heavy atom. The highest BCUT2D eigenvalue weighted by Gasteiger charge is 2.23. The van der Waals surface area contributed by atoms with Crippen molar-refractivity contribution in [1.29, 1.82) is 0 Å². The summed E-state index contributed by atoms with van der Waals surface area (Å²) in [7, 11) is 2.14. The van der Waals surface area contributed by atoms with Gasteiger partial charge in [-0.25, -0.2) is 0 Å². The van der Waals surface area contributed by atoms with E-state index in [2.05, 4.69) is 44.9 Å². The maximum absolute atomic E-state index is 8.99. The molecule has 0 aliphatic carbocycles. The van der Waals surface area contributed by atoms with Crippen molar-refractivity contribution < 1.29 is 5.21 Å². The second-order valence-electron chi connectivity index (χ2n) is 5.30. The van der Waals surface area contributed by atoms with Crippen LogP contribution >= 0.6 is 15.9 Å². The quantitative estimate of drug-likeness (QED) is 0.374. The summed E-state index contributed by atoms with van der Waals surface area (Å²) in [5, 5.41) is 12.1. The Kier molecular flexibility index (Phi) is 4.88. The van der Waals surface area contributed by atoms with Crippen molar-refractivity contribution in [2.45, 2.75) is 19.4 Å². The summed E-state index contributed by atoms with van der Waals surface area (Å²) in [4.78, 5) is 4.68. The molecule has 1 saturated heterocycles. The number of hydrogen-bond acceptors (Lipinski definition) is 4. The first kappa shape index (κ1) is 15.1. The van der Waals surface area contributed by atoms with Gasteiger partial charge in [0.15, 0.2) is 5.84 Å². The number of likely N-dealkylation sites (N-methyl/N-ethyl adjacent to an activating group) is 1. The Hall–Kier alpha value is -1.27. The van der Waals surface area contributed by atoms with Crippen LogP contribution in [0, 0.1) is 0 Å². The maximum atomic E-state index is 8.99. The molecule has 0 saturated carbocycles. The van der Waals surface area contributed by atoms with Gasteiger partial charge >= 0.3 is 0 Å². The first-order valence-electron chi connectivity index (χ1n) is 6.75. The highest BCUT2D eigenvalue weighted by atomic mass is 79.9. The number of hydrogen-bond donors (Lipinski definition) is 2. The van der Waals surface area contributed by atoms with Gasteiger partial charge in [0.25, 0.3) is 0 Å². The van der Waals surface area contributed by atoms with Crippen LogP contribution in [-0.4, -0.2) is 48.7 Å². The number of halogens is 1. The molecule has 1 unspecified atom stereocenters. The van der Waals surface area contributed by atoms with Crippen LogP contribution < -0.4 is 10.6 Å². The number of anilines is 1. The summed E-state index contributed by atoms with van der Waals surface area (Å²) in [6.07, 6.45) is 1.10. The molecule has 0 amide bonds. The summed E-state index contributed by atoms with van der Waals surface area (Å²) < 4.78 is 0.919. The van der Waals surface area contributed by atoms with Gasteiger partial charge < -0.3 is 20.7 Å². The second-order valence-corrected chi connectivity index (χ2v) is 6.22. The molecular weight excluding hydrogens is 320 g/mol. The van der Waals surface area contributed by atoms with Gasteiger partial charge in [0.1, 0.15) is 0 Å². The molecule has 1 atom stereocenters. The number of nitrogens with zero attached hydrogens (tertiary/aromatic N) is 3. The van der Waals surface area contributed by atoms with Gasteiger partial charge in [0.05, 0.1) is 0 Å². The smallest absolute Gasteiger partial charge is 0.172 e. The maximum Gasteiger partial charge on any atom is 0.172 e. The van der Waals surface area contributed by atoms with E-state index in [0.717, 1.165) is 41.8 Å². The van der Waals surface area contributed by atoms with Crippen molar-refractivity contribution in [3.8, 4) is 0 Å². The summed E-state index contributed by atoms with van der Waals surface area (Å²) in [5.74, 6) is 0.145. The predicted molar refractivity (Wildman–Crippen MR) is 85.6 cm³/mol. The fraction of sp³-hybridized carbons (Fsp3) is 0.500. The number of nitrogens with two attached hydrogens (primary N) is 1. The number of amidine groups is 1. The van der Waals surface area contributed by atoms with Crippen molar-refractivity contribution in [3.05, 3.63) is 28.2 Å². The minimum Gasteiger partial charge on any atom is -0.409 e. The molecule has 1 heterocycles. The fourth-order valence-electron chi connectivity index (χ4n) is 2.75. The predicted octanol–water partition coefficient (Wildman–Crippen LogP) is 2.07. The summed E-state index contributed by atoms with van der Waals surface area (Å²) in [6, 6.07) is 6.30. The normalized spacial score (nSPS) is 21.9. The van der Waals surface area contributed by atoms with E-state index in [9.17, 15) is 0 Å². The zero-order valence-corrected chi connectivity index (χ0v) is 13.5. The third kappa shape index (κ3) is 3.24. The van der Waals surface area contributed by atoms with Crippen LogP contribution in [0.1, 0.15) is 18.9 Å². The standard InChI is InChI=1S/C14H21BrN4O/c1-10-9-18(2)6-3-7-19(10)13-5-4-11(15)8-12(13)14(16)17-20/h4-5,8,10,20H,3,6-7,9H2,1-2H3,(H2,16,17). The molecule has 0 aromatic heterocycles. The van der Waals surface area contributed by atoms with Crippen molar-refractivity contribution in [2.75, 3.05) is 31.6 Å². The van der Waals surface area contributed by atoms with E-state index in [1.54, 1.807) is 0 Å². The van der Waals surface area contributed by atoms with E-state index in [1.807, 2.05) is 18.2 Å². The van der Waals surface area contributed by atoms with Gasteiger partial charge in [-0.15, -0.1) is 0 Å². The summed E-state index contributed by atoms with van der Waals surface area (Å²) >= 11 is 3.44. The number of rotatable bonds is 2. The number of oxime groups is 1. The van der Waals surface area contributed by atoms with Gasteiger partial charge in [0.2, 0.25) is 0 Å². The van der Waals surface area contributed by atoms with E-state index < -0.39 is 0 Å². The van der Waals surface area contributed by atoms with Crippen molar-refractivity contribution >= 4 is 27.5 Å². The van der Waals surface area contributed by atoms with Crippen LogP contribution in [0.3, 0.4) is 0 Å².